The van der Waals surface area contributed by atoms with Crippen molar-refractivity contribution in [2.24, 2.45) is 11.8 Å². The average molecular weight is 561 g/mol. The van der Waals surface area contributed by atoms with Crippen molar-refractivity contribution in [3.63, 3.8) is 0 Å². The molecule has 0 rings (SSSR count). The molecule has 0 aliphatic rings. The van der Waals surface area contributed by atoms with Crippen LogP contribution in [0.5, 0.6) is 0 Å². The zero-order valence-electron chi connectivity index (χ0n) is 35.4. The van der Waals surface area contributed by atoms with Crippen LogP contribution < -0.4 is 0 Å². The van der Waals surface area contributed by atoms with Crippen LogP contribution in [0.2, 0.25) is 0 Å². The van der Waals surface area contributed by atoms with Gasteiger partial charge in [0.15, 0.2) is 0 Å². The number of unbranched alkanes of at least 4 members (excludes halogenated alkanes) is 3. The van der Waals surface area contributed by atoms with E-state index in [0.29, 0.717) is 0 Å². The molecule has 0 atom stereocenters. The molecule has 0 amide bonds. The second-order valence-corrected chi connectivity index (χ2v) is 6.46. The Morgan fingerprint density at radius 1 is 0.211 bits per heavy atom. The minimum Gasteiger partial charge on any atom is -0.0683 e. The van der Waals surface area contributed by atoms with Gasteiger partial charge in [-0.05, 0) is 11.8 Å². The second-order valence-electron chi connectivity index (χ2n) is 6.46. The molecule has 0 aliphatic heterocycles. The normalized spacial score (nSPS) is 5.68. The molecule has 0 aliphatic carbocycles. The van der Waals surface area contributed by atoms with Gasteiger partial charge in [-0.2, -0.15) is 0 Å². The second kappa shape index (κ2) is 333. The van der Waals surface area contributed by atoms with Gasteiger partial charge in [0.25, 0.3) is 0 Å². The zero-order valence-corrected chi connectivity index (χ0v) is 35.4. The highest BCUT2D eigenvalue weighted by atomic mass is 13.7. The van der Waals surface area contributed by atoms with Gasteiger partial charge >= 0.3 is 0 Å². The monoisotopic (exact) mass is 561 g/mol. The third kappa shape index (κ3) is 4900. The summed E-state index contributed by atoms with van der Waals surface area (Å²) < 4.78 is 0. The van der Waals surface area contributed by atoms with Crippen LogP contribution in [0.15, 0.2) is 0 Å². The molecule has 0 saturated carbocycles. The van der Waals surface area contributed by atoms with E-state index in [9.17, 15) is 0 Å². The summed E-state index contributed by atoms with van der Waals surface area (Å²) in [5.74, 6) is 1.67. The molecule has 0 unspecified atom stereocenters. The van der Waals surface area contributed by atoms with Crippen molar-refractivity contribution in [1.82, 2.24) is 0 Å². The van der Waals surface area contributed by atoms with E-state index in [1.807, 2.05) is 125 Å². The molecule has 0 N–H and O–H groups in total. The molecule has 0 aromatic carbocycles. The molecule has 0 radical (unpaired) electrons. The highest BCUT2D eigenvalue weighted by Crippen LogP contribution is 1.81. The Balaban J connectivity index is -0.0000000138. The number of hydrogen-bond acceptors (Lipinski definition) is 0. The van der Waals surface area contributed by atoms with Gasteiger partial charge in [-0.3, -0.25) is 0 Å². The smallest absolute Gasteiger partial charge is 0.0500 e. The fourth-order valence-electron chi connectivity index (χ4n) is 0. The maximum absolute atomic E-state index is 2.18. The van der Waals surface area contributed by atoms with Gasteiger partial charge in [-0.25, -0.2) is 0 Å². The molecule has 0 aromatic heterocycles. The van der Waals surface area contributed by atoms with E-state index in [0.717, 1.165) is 11.8 Å². The van der Waals surface area contributed by atoms with Gasteiger partial charge in [-0.15, -0.1) is 0 Å². The van der Waals surface area contributed by atoms with Crippen molar-refractivity contribution < 1.29 is 0 Å². The summed E-state index contributed by atoms with van der Waals surface area (Å²) in [6, 6.07) is 0. The van der Waals surface area contributed by atoms with Crippen LogP contribution in [0.3, 0.4) is 0 Å². The quantitative estimate of drug-likeness (QED) is 0.322. The van der Waals surface area contributed by atoms with Crippen LogP contribution >= 0.6 is 0 Å². The van der Waals surface area contributed by atoms with E-state index in [2.05, 4.69) is 83.1 Å². The molecular formula is C38H104. The summed E-state index contributed by atoms with van der Waals surface area (Å²) in [7, 11) is 0. The molecule has 0 aromatic rings. The Hall–Kier alpha value is 0. The maximum atomic E-state index is 2.18. The first kappa shape index (κ1) is 90.3. The third-order valence-electron chi connectivity index (χ3n) is 1.50. The SMILES string of the molecule is CC.CC.CC.CC.CC.CC.CC.CC.CC.CC(C)C.CC(C)C.CCCC.CCCC.CCCC. The minimum atomic E-state index is 0.833. The van der Waals surface area contributed by atoms with Crippen LogP contribution in [0.1, 0.15) is 246 Å². The van der Waals surface area contributed by atoms with Crippen molar-refractivity contribution >= 4 is 0 Å². The lowest BCUT2D eigenvalue weighted by atomic mass is 10.3. The minimum absolute atomic E-state index is 0.833. The highest BCUT2D eigenvalue weighted by Gasteiger charge is 1.68. The molecule has 0 bridgehead atoms. The van der Waals surface area contributed by atoms with Crippen molar-refractivity contribution in [2.75, 3.05) is 0 Å². The van der Waals surface area contributed by atoms with Crippen LogP contribution in [0.25, 0.3) is 0 Å². The summed E-state index contributed by atoms with van der Waals surface area (Å²) in [5.41, 5.74) is 0. The predicted molar refractivity (Wildman–Crippen MR) is 205 cm³/mol. The standard InChI is InChI=1S/5C4H10.9C2H6/c2*1-4(2)3;3*1-3-4-2;9*1-2/h2*4H,1-3H3;3*3-4H2,1-2H3;9*1-2H3. The largest absolute Gasteiger partial charge is 0.0683 e. The van der Waals surface area contributed by atoms with Crippen LogP contribution in [0, 0.1) is 11.8 Å². The first-order valence-corrected chi connectivity index (χ1v) is 18.2. The lowest BCUT2D eigenvalue weighted by Crippen LogP contribution is -1.66. The summed E-state index contributed by atoms with van der Waals surface area (Å²) in [6.07, 6.45) is 7.92. The average Bonchev–Trinajstić information content (AvgIpc) is 3.01. The Kier molecular flexibility index (Phi) is 791. The highest BCUT2D eigenvalue weighted by molar-refractivity contribution is 4.21. The van der Waals surface area contributed by atoms with E-state index in [1.165, 1.54) is 38.5 Å². The Morgan fingerprint density at radius 3 is 0.237 bits per heavy atom. The lowest BCUT2D eigenvalue weighted by molar-refractivity contribution is 0.736. The van der Waals surface area contributed by atoms with E-state index in [-0.39, 0.29) is 0 Å². The van der Waals surface area contributed by atoms with Gasteiger partial charge in [0.05, 0.1) is 0 Å². The summed E-state index contributed by atoms with van der Waals surface area (Å²) in [4.78, 5) is 0. The predicted octanol–water partition coefficient (Wildman–Crippen LogP) is 18.0. The van der Waals surface area contributed by atoms with Gasteiger partial charge in [0, 0.05) is 0 Å². The number of rotatable bonds is 3. The van der Waals surface area contributed by atoms with Gasteiger partial charge in [0.2, 0.25) is 0 Å². The summed E-state index contributed by atoms with van der Waals surface area (Å²) in [5, 5.41) is 0. The van der Waals surface area contributed by atoms with Gasteiger partial charge in [-0.1, -0.05) is 246 Å². The molecule has 0 heteroatoms. The topological polar surface area (TPSA) is 0 Å². The van der Waals surface area contributed by atoms with Crippen molar-refractivity contribution in [3.05, 3.63) is 0 Å². The van der Waals surface area contributed by atoms with E-state index >= 15 is 0 Å². The van der Waals surface area contributed by atoms with E-state index in [1.54, 1.807) is 0 Å². The molecule has 0 nitrogen and oxygen atoms in total. The number of hydrogen-bond donors (Lipinski definition) is 0. The summed E-state index contributed by atoms with van der Waals surface area (Å²) in [6.45, 7) is 62.1. The maximum Gasteiger partial charge on any atom is -0.0500 e. The van der Waals surface area contributed by atoms with Crippen LogP contribution in [0.4, 0.5) is 0 Å². The Labute approximate surface area is 257 Å². The van der Waals surface area contributed by atoms with Crippen molar-refractivity contribution in [1.29, 1.82) is 0 Å². The molecule has 0 spiro atoms. The molecule has 38 heavy (non-hydrogen) atoms. The molecular weight excluding hydrogens is 456 g/mol. The van der Waals surface area contributed by atoms with E-state index < -0.39 is 0 Å². The first-order valence-electron chi connectivity index (χ1n) is 18.2. The van der Waals surface area contributed by atoms with Crippen LogP contribution in [-0.4, -0.2) is 0 Å². The van der Waals surface area contributed by atoms with Gasteiger partial charge < -0.3 is 0 Å². The first-order chi connectivity index (χ1) is 18.2. The summed E-state index contributed by atoms with van der Waals surface area (Å²) >= 11 is 0. The Morgan fingerprint density at radius 2 is 0.237 bits per heavy atom. The Bertz CT molecular complexity index is 55.0. The third-order valence-corrected chi connectivity index (χ3v) is 1.50. The fourth-order valence-corrected chi connectivity index (χ4v) is 0. The molecule has 0 fully saturated rings. The van der Waals surface area contributed by atoms with Gasteiger partial charge in [0.1, 0.15) is 0 Å². The zero-order chi connectivity index (χ0) is 35.4. The fraction of sp³-hybridized carbons (Fsp3) is 1.00. The van der Waals surface area contributed by atoms with Crippen LogP contribution in [-0.2, 0) is 0 Å². The van der Waals surface area contributed by atoms with Crippen molar-refractivity contribution in [2.45, 2.75) is 246 Å². The molecule has 256 valence electrons. The molecule has 0 saturated heterocycles. The van der Waals surface area contributed by atoms with Crippen molar-refractivity contribution in [3.8, 4) is 0 Å². The van der Waals surface area contributed by atoms with E-state index in [4.69, 9.17) is 0 Å². The molecule has 0 heterocycles. The lowest BCUT2D eigenvalue weighted by Gasteiger charge is -1.79.